The first kappa shape index (κ1) is 35.3. The molecule has 46 heavy (non-hydrogen) atoms. The second-order valence-corrected chi connectivity index (χ2v) is 14.1. The van der Waals surface area contributed by atoms with Crippen LogP contribution in [0.4, 0.5) is 0 Å². The molecule has 4 saturated heterocycles. The third-order valence-electron chi connectivity index (χ3n) is 9.68. The fourth-order valence-corrected chi connectivity index (χ4v) is 7.24. The topological polar surface area (TPSA) is 183 Å². The Bertz CT molecular complexity index is 1230. The summed E-state index contributed by atoms with van der Waals surface area (Å²) in [6.07, 6.45) is 4.57. The van der Waals surface area contributed by atoms with E-state index in [0.717, 1.165) is 6.42 Å². The van der Waals surface area contributed by atoms with Gasteiger partial charge in [0.25, 0.3) is 0 Å². The van der Waals surface area contributed by atoms with E-state index in [-0.39, 0.29) is 30.0 Å². The van der Waals surface area contributed by atoms with Crippen LogP contribution in [0.3, 0.4) is 0 Å². The van der Waals surface area contributed by atoms with Crippen LogP contribution in [0.5, 0.6) is 0 Å². The van der Waals surface area contributed by atoms with Gasteiger partial charge in [-0.2, -0.15) is 0 Å². The maximum absolute atomic E-state index is 13.6. The van der Waals surface area contributed by atoms with Gasteiger partial charge in [-0.3, -0.25) is 33.6 Å². The van der Waals surface area contributed by atoms with Gasteiger partial charge >= 0.3 is 0 Å². The molecule has 14 heteroatoms. The molecule has 6 atom stereocenters. The van der Waals surface area contributed by atoms with E-state index >= 15 is 0 Å². The number of likely N-dealkylation sites (tertiary alicyclic amines) is 4. The van der Waals surface area contributed by atoms with Crippen molar-refractivity contribution in [3.63, 3.8) is 0 Å². The Hall–Kier alpha value is -3.55. The van der Waals surface area contributed by atoms with E-state index in [4.69, 9.17) is 5.73 Å². The van der Waals surface area contributed by atoms with Crippen LogP contribution in [-0.4, -0.2) is 130 Å². The third kappa shape index (κ3) is 7.37. The van der Waals surface area contributed by atoms with Gasteiger partial charge in [0.2, 0.25) is 35.4 Å². The summed E-state index contributed by atoms with van der Waals surface area (Å²) in [5.74, 6) is -2.24. The smallest absolute Gasteiger partial charge is 0.246 e. The van der Waals surface area contributed by atoms with Crippen molar-refractivity contribution in [3.05, 3.63) is 0 Å². The molecule has 4 fully saturated rings. The average Bonchev–Trinajstić information content (AvgIpc) is 3.84. The quantitative estimate of drug-likeness (QED) is 0.301. The minimum atomic E-state index is -0.949. The van der Waals surface area contributed by atoms with Crippen molar-refractivity contribution in [1.82, 2.24) is 30.2 Å². The highest BCUT2D eigenvalue weighted by atomic mass is 16.2. The Kier molecular flexibility index (Phi) is 11.1. The largest absolute Gasteiger partial charge is 0.343 e. The van der Waals surface area contributed by atoms with Crippen LogP contribution in [0, 0.1) is 5.41 Å². The standard InChI is InChI=1S/C32H51N7O7/c1-19(28(43)36-14-6-10-21(36)25(40)18-33)34-26(41)22-11-7-15-37(22)29(44)20(2)35-27(42)23-12-8-16-38(23)30(45)24-13-9-17-39(24)31(46)32(3,4)5/h19-24H,6-18,33H2,1-5H3,(H,34,41)(H,35,42)/t19-,20-,21+,22+,23+,24+/m1/s1. The first-order valence-corrected chi connectivity index (χ1v) is 16.7. The molecule has 0 unspecified atom stereocenters. The molecule has 0 saturated carbocycles. The van der Waals surface area contributed by atoms with Crippen LogP contribution in [-0.2, 0) is 33.6 Å². The number of nitrogens with one attached hydrogen (secondary N) is 2. The molecular formula is C32H51N7O7. The highest BCUT2D eigenvalue weighted by Crippen LogP contribution is 2.29. The molecule has 256 valence electrons. The lowest BCUT2D eigenvalue weighted by atomic mass is 9.94. The van der Waals surface area contributed by atoms with E-state index < -0.39 is 59.4 Å². The number of carbonyl (C=O) groups is 7. The molecule has 4 heterocycles. The molecule has 14 nitrogen and oxygen atoms in total. The van der Waals surface area contributed by atoms with Crippen LogP contribution >= 0.6 is 0 Å². The molecule has 0 bridgehead atoms. The number of carbonyl (C=O) groups excluding carboxylic acids is 7. The molecule has 0 spiro atoms. The van der Waals surface area contributed by atoms with Crippen LogP contribution in [0.2, 0.25) is 0 Å². The van der Waals surface area contributed by atoms with Gasteiger partial charge < -0.3 is 36.0 Å². The Morgan fingerprint density at radius 1 is 0.630 bits per heavy atom. The second kappa shape index (κ2) is 14.5. The molecule has 0 radical (unpaired) electrons. The zero-order valence-corrected chi connectivity index (χ0v) is 27.9. The molecule has 4 aliphatic rings. The van der Waals surface area contributed by atoms with E-state index in [2.05, 4.69) is 10.6 Å². The van der Waals surface area contributed by atoms with Crippen molar-refractivity contribution >= 4 is 41.2 Å². The lowest BCUT2D eigenvalue weighted by Gasteiger charge is -2.34. The van der Waals surface area contributed by atoms with Crippen LogP contribution < -0.4 is 16.4 Å². The Morgan fingerprint density at radius 2 is 1.02 bits per heavy atom. The zero-order chi connectivity index (χ0) is 33.9. The average molecular weight is 646 g/mol. The van der Waals surface area contributed by atoms with Crippen molar-refractivity contribution in [1.29, 1.82) is 0 Å². The molecule has 0 aliphatic carbocycles. The van der Waals surface area contributed by atoms with E-state index in [1.807, 2.05) is 20.8 Å². The lowest BCUT2D eigenvalue weighted by molar-refractivity contribution is -0.150. The highest BCUT2D eigenvalue weighted by molar-refractivity contribution is 5.98. The normalized spacial score (nSPS) is 26.2. The summed E-state index contributed by atoms with van der Waals surface area (Å²) in [4.78, 5) is 98.2. The molecule has 0 aromatic heterocycles. The molecule has 4 rings (SSSR count). The predicted octanol–water partition coefficient (Wildman–Crippen LogP) is -0.466. The van der Waals surface area contributed by atoms with Gasteiger partial charge in [-0.15, -0.1) is 0 Å². The van der Waals surface area contributed by atoms with E-state index in [1.165, 1.54) is 9.80 Å². The molecule has 4 aliphatic heterocycles. The summed E-state index contributed by atoms with van der Waals surface area (Å²) in [5, 5.41) is 5.49. The summed E-state index contributed by atoms with van der Waals surface area (Å²) in [6.45, 7) is 10.1. The Morgan fingerprint density at radius 3 is 1.50 bits per heavy atom. The number of ketones is 1. The summed E-state index contributed by atoms with van der Waals surface area (Å²) in [7, 11) is 0. The van der Waals surface area contributed by atoms with Crippen molar-refractivity contribution in [3.8, 4) is 0 Å². The molecule has 0 aromatic rings. The van der Waals surface area contributed by atoms with Gasteiger partial charge in [0.05, 0.1) is 12.6 Å². The number of amides is 6. The summed E-state index contributed by atoms with van der Waals surface area (Å²) in [5.41, 5.74) is 4.88. The Labute approximate surface area is 271 Å². The van der Waals surface area contributed by atoms with E-state index in [9.17, 15) is 33.6 Å². The van der Waals surface area contributed by atoms with Crippen molar-refractivity contribution in [2.75, 3.05) is 32.7 Å². The monoisotopic (exact) mass is 645 g/mol. The van der Waals surface area contributed by atoms with Crippen LogP contribution in [0.15, 0.2) is 0 Å². The van der Waals surface area contributed by atoms with E-state index in [0.29, 0.717) is 71.1 Å². The van der Waals surface area contributed by atoms with Crippen molar-refractivity contribution in [2.24, 2.45) is 11.1 Å². The minimum absolute atomic E-state index is 0.0901. The summed E-state index contributed by atoms with van der Waals surface area (Å²) in [6, 6.07) is -4.58. The van der Waals surface area contributed by atoms with Gasteiger partial charge in [-0.25, -0.2) is 0 Å². The molecular weight excluding hydrogens is 594 g/mol. The summed E-state index contributed by atoms with van der Waals surface area (Å²) >= 11 is 0. The van der Waals surface area contributed by atoms with Gasteiger partial charge in [-0.1, -0.05) is 20.8 Å². The molecule has 6 amide bonds. The van der Waals surface area contributed by atoms with Crippen molar-refractivity contribution < 1.29 is 33.6 Å². The molecule has 0 aromatic carbocycles. The molecule has 4 N–H and O–H groups in total. The van der Waals surface area contributed by atoms with Gasteiger partial charge in [0.1, 0.15) is 30.2 Å². The van der Waals surface area contributed by atoms with Crippen LogP contribution in [0.1, 0.15) is 86.0 Å². The first-order valence-electron chi connectivity index (χ1n) is 16.7. The lowest BCUT2D eigenvalue weighted by Crippen LogP contribution is -2.58. The van der Waals surface area contributed by atoms with Crippen LogP contribution in [0.25, 0.3) is 0 Å². The number of nitrogens with zero attached hydrogens (tertiary/aromatic N) is 4. The van der Waals surface area contributed by atoms with Crippen molar-refractivity contribution in [2.45, 2.75) is 122 Å². The van der Waals surface area contributed by atoms with Gasteiger partial charge in [-0.05, 0) is 65.2 Å². The Balaban J connectivity index is 1.34. The maximum atomic E-state index is 13.6. The maximum Gasteiger partial charge on any atom is 0.246 e. The number of rotatable bonds is 9. The summed E-state index contributed by atoms with van der Waals surface area (Å²) < 4.78 is 0. The fourth-order valence-electron chi connectivity index (χ4n) is 7.24. The zero-order valence-electron chi connectivity index (χ0n) is 27.9. The fraction of sp³-hybridized carbons (Fsp3) is 0.781. The first-order chi connectivity index (χ1) is 21.7. The number of hydrogen-bond acceptors (Lipinski definition) is 8. The number of Topliss-reactive ketones (excluding diaryl/α,β-unsaturated/α-hetero) is 1. The number of hydrogen-bond donors (Lipinski definition) is 3. The van der Waals surface area contributed by atoms with Gasteiger partial charge in [0, 0.05) is 31.6 Å². The predicted molar refractivity (Wildman–Crippen MR) is 168 cm³/mol. The minimum Gasteiger partial charge on any atom is -0.343 e. The highest BCUT2D eigenvalue weighted by Gasteiger charge is 2.45. The number of nitrogens with two attached hydrogens (primary N) is 1. The second-order valence-electron chi connectivity index (χ2n) is 14.1. The van der Waals surface area contributed by atoms with Gasteiger partial charge in [0.15, 0.2) is 5.78 Å². The third-order valence-corrected chi connectivity index (χ3v) is 9.68. The SMILES string of the molecule is C[C@@H](NC(=O)[C@@H]1CCCN1C(=O)[C@@H](C)NC(=O)[C@@H]1CCCN1C(=O)[C@@H]1CCCN1C(=O)C(C)(C)C)C(=O)N1CCC[C@H]1C(=O)CN. The van der Waals surface area contributed by atoms with E-state index in [1.54, 1.807) is 23.6 Å².